The van der Waals surface area contributed by atoms with Gasteiger partial charge >= 0.3 is 12.0 Å². The van der Waals surface area contributed by atoms with Gasteiger partial charge in [-0.25, -0.2) is 9.59 Å². The highest BCUT2D eigenvalue weighted by molar-refractivity contribution is 5.88. The average molecular weight is 295 g/mol. The second-order valence-electron chi connectivity index (χ2n) is 6.47. The minimum Gasteiger partial charge on any atom is -0.480 e. The first-order chi connectivity index (χ1) is 9.93. The second kappa shape index (κ2) is 4.89. The summed E-state index contributed by atoms with van der Waals surface area (Å²) in [6.45, 7) is 2.61. The lowest BCUT2D eigenvalue weighted by Gasteiger charge is -2.38. The molecular weight excluding hydrogens is 274 g/mol. The zero-order valence-electron chi connectivity index (χ0n) is 12.1. The third kappa shape index (κ3) is 2.34. The van der Waals surface area contributed by atoms with E-state index in [1.54, 1.807) is 11.8 Å². The molecule has 0 aromatic heterocycles. The number of carboxylic acids is 1. The number of likely N-dealkylation sites (tertiary alicyclic amines) is 1. The summed E-state index contributed by atoms with van der Waals surface area (Å²) in [5, 5.41) is 14.9. The van der Waals surface area contributed by atoms with Crippen molar-refractivity contribution in [3.63, 3.8) is 0 Å². The molecule has 1 saturated carbocycles. The second-order valence-corrected chi connectivity index (χ2v) is 6.47. The summed E-state index contributed by atoms with van der Waals surface area (Å²) in [6, 6.07) is -0.513. The standard InChI is InChI=1S/C14H21N3O4/c1-14(12(19)20,8-4-5-8)16-13(21)17-6-2-3-9-10(17)7-15-11(9)18/h8-10H,2-7H2,1H3,(H,15,18)(H,16,21)(H,19,20). The van der Waals surface area contributed by atoms with E-state index in [-0.39, 0.29) is 29.8 Å². The maximum absolute atomic E-state index is 12.5. The Bertz CT molecular complexity index is 491. The molecule has 3 N–H and O–H groups in total. The number of carbonyl (C=O) groups is 3. The van der Waals surface area contributed by atoms with Crippen LogP contribution in [-0.4, -0.2) is 52.6 Å². The zero-order valence-corrected chi connectivity index (χ0v) is 12.1. The van der Waals surface area contributed by atoms with Gasteiger partial charge in [0.15, 0.2) is 0 Å². The number of carbonyl (C=O) groups excluding carboxylic acids is 2. The number of aliphatic carboxylic acids is 1. The molecule has 7 heteroatoms. The van der Waals surface area contributed by atoms with Gasteiger partial charge < -0.3 is 20.6 Å². The molecule has 3 unspecified atom stereocenters. The molecule has 0 aromatic rings. The molecule has 3 fully saturated rings. The van der Waals surface area contributed by atoms with Crippen molar-refractivity contribution in [3.05, 3.63) is 0 Å². The molecular formula is C14H21N3O4. The zero-order chi connectivity index (χ0) is 15.2. The monoisotopic (exact) mass is 295 g/mol. The molecule has 3 amide bonds. The fourth-order valence-electron chi connectivity index (χ4n) is 3.49. The summed E-state index contributed by atoms with van der Waals surface area (Å²) in [5.41, 5.74) is -1.21. The normalized spacial score (nSPS) is 31.1. The van der Waals surface area contributed by atoms with Gasteiger partial charge in [-0.05, 0) is 38.5 Å². The number of hydrogen-bond acceptors (Lipinski definition) is 3. The topological polar surface area (TPSA) is 98.7 Å². The van der Waals surface area contributed by atoms with Crippen molar-refractivity contribution in [1.82, 2.24) is 15.5 Å². The summed E-state index contributed by atoms with van der Waals surface area (Å²) in [6.07, 6.45) is 3.22. The lowest BCUT2D eigenvalue weighted by molar-refractivity contribution is -0.144. The molecule has 0 bridgehead atoms. The van der Waals surface area contributed by atoms with E-state index in [0.717, 1.165) is 25.7 Å². The van der Waals surface area contributed by atoms with Crippen molar-refractivity contribution in [2.24, 2.45) is 11.8 Å². The van der Waals surface area contributed by atoms with Gasteiger partial charge in [-0.2, -0.15) is 0 Å². The number of piperidine rings is 1. The van der Waals surface area contributed by atoms with E-state index in [1.807, 2.05) is 0 Å². The molecule has 0 radical (unpaired) electrons. The van der Waals surface area contributed by atoms with Gasteiger partial charge in [0.2, 0.25) is 5.91 Å². The molecule has 0 spiro atoms. The van der Waals surface area contributed by atoms with Crippen LogP contribution in [-0.2, 0) is 9.59 Å². The predicted octanol–water partition coefficient (Wildman–Crippen LogP) is 0.160. The fraction of sp³-hybridized carbons (Fsp3) is 0.786. The Morgan fingerprint density at radius 1 is 1.38 bits per heavy atom. The smallest absolute Gasteiger partial charge is 0.329 e. The largest absolute Gasteiger partial charge is 0.480 e. The Labute approximate surface area is 123 Å². The van der Waals surface area contributed by atoms with Gasteiger partial charge in [-0.15, -0.1) is 0 Å². The molecule has 3 aliphatic rings. The molecule has 1 aliphatic carbocycles. The molecule has 3 rings (SSSR count). The van der Waals surface area contributed by atoms with Crippen molar-refractivity contribution in [2.45, 2.75) is 44.2 Å². The van der Waals surface area contributed by atoms with Crippen LogP contribution in [0.2, 0.25) is 0 Å². The summed E-state index contributed by atoms with van der Waals surface area (Å²) in [7, 11) is 0. The van der Waals surface area contributed by atoms with Crippen LogP contribution in [0.3, 0.4) is 0 Å². The first kappa shape index (κ1) is 14.2. The van der Waals surface area contributed by atoms with E-state index >= 15 is 0 Å². The number of carboxylic acid groups (broad SMARTS) is 1. The Morgan fingerprint density at radius 3 is 2.71 bits per heavy atom. The highest BCUT2D eigenvalue weighted by atomic mass is 16.4. The molecule has 3 atom stereocenters. The number of rotatable bonds is 3. The maximum Gasteiger partial charge on any atom is 0.329 e. The summed E-state index contributed by atoms with van der Waals surface area (Å²) in [4.78, 5) is 37.4. The van der Waals surface area contributed by atoms with Crippen molar-refractivity contribution in [3.8, 4) is 0 Å². The van der Waals surface area contributed by atoms with Gasteiger partial charge in [-0.3, -0.25) is 4.79 Å². The van der Waals surface area contributed by atoms with Gasteiger partial charge in [0.25, 0.3) is 0 Å². The average Bonchev–Trinajstić information content (AvgIpc) is 3.23. The molecule has 2 heterocycles. The van der Waals surface area contributed by atoms with E-state index < -0.39 is 11.5 Å². The Morgan fingerprint density at radius 2 is 2.10 bits per heavy atom. The fourth-order valence-corrected chi connectivity index (χ4v) is 3.49. The van der Waals surface area contributed by atoms with Gasteiger partial charge in [0, 0.05) is 13.1 Å². The van der Waals surface area contributed by atoms with E-state index in [0.29, 0.717) is 13.1 Å². The predicted molar refractivity (Wildman–Crippen MR) is 73.5 cm³/mol. The van der Waals surface area contributed by atoms with Crippen LogP contribution in [0.15, 0.2) is 0 Å². The third-order valence-corrected chi connectivity index (χ3v) is 5.07. The quantitative estimate of drug-likeness (QED) is 0.690. The lowest BCUT2D eigenvalue weighted by Crippen LogP contribution is -2.61. The van der Waals surface area contributed by atoms with Gasteiger partial charge in [-0.1, -0.05) is 0 Å². The van der Waals surface area contributed by atoms with Crippen molar-refractivity contribution in [1.29, 1.82) is 0 Å². The summed E-state index contributed by atoms with van der Waals surface area (Å²) in [5.74, 6) is -1.14. The van der Waals surface area contributed by atoms with Crippen LogP contribution in [0, 0.1) is 11.8 Å². The highest BCUT2D eigenvalue weighted by Crippen LogP contribution is 2.40. The molecule has 7 nitrogen and oxygen atoms in total. The Balaban J connectivity index is 1.72. The van der Waals surface area contributed by atoms with Crippen molar-refractivity contribution in [2.75, 3.05) is 13.1 Å². The minimum absolute atomic E-state index is 0.000638. The lowest BCUT2D eigenvalue weighted by atomic mass is 9.91. The van der Waals surface area contributed by atoms with Crippen LogP contribution in [0.4, 0.5) is 4.79 Å². The first-order valence-electron chi connectivity index (χ1n) is 7.53. The third-order valence-electron chi connectivity index (χ3n) is 5.07. The summed E-state index contributed by atoms with van der Waals surface area (Å²) < 4.78 is 0. The van der Waals surface area contributed by atoms with Gasteiger partial charge in [0.1, 0.15) is 5.54 Å². The van der Waals surface area contributed by atoms with Crippen LogP contribution < -0.4 is 10.6 Å². The van der Waals surface area contributed by atoms with Crippen LogP contribution in [0.25, 0.3) is 0 Å². The number of nitrogens with one attached hydrogen (secondary N) is 2. The number of nitrogens with zero attached hydrogens (tertiary/aromatic N) is 1. The summed E-state index contributed by atoms with van der Waals surface area (Å²) >= 11 is 0. The van der Waals surface area contributed by atoms with Crippen LogP contribution >= 0.6 is 0 Å². The van der Waals surface area contributed by atoms with Gasteiger partial charge in [0.05, 0.1) is 12.0 Å². The highest BCUT2D eigenvalue weighted by Gasteiger charge is 2.50. The molecule has 0 aromatic carbocycles. The molecule has 2 aliphatic heterocycles. The maximum atomic E-state index is 12.5. The van der Waals surface area contributed by atoms with E-state index in [2.05, 4.69) is 10.6 Å². The number of amides is 3. The minimum atomic E-state index is -1.21. The Hall–Kier alpha value is -1.79. The van der Waals surface area contributed by atoms with Crippen LogP contribution in [0.1, 0.15) is 32.6 Å². The Kier molecular flexibility index (Phi) is 3.30. The first-order valence-corrected chi connectivity index (χ1v) is 7.53. The van der Waals surface area contributed by atoms with Crippen LogP contribution in [0.5, 0.6) is 0 Å². The number of hydrogen-bond donors (Lipinski definition) is 3. The molecule has 21 heavy (non-hydrogen) atoms. The van der Waals surface area contributed by atoms with E-state index in [1.165, 1.54) is 0 Å². The van der Waals surface area contributed by atoms with E-state index in [9.17, 15) is 19.5 Å². The number of fused-ring (bicyclic) bond motifs is 1. The molecule has 116 valence electrons. The number of urea groups is 1. The SMILES string of the molecule is CC(NC(=O)N1CCCC2C(=O)NCC21)(C(=O)O)C1CC1. The van der Waals surface area contributed by atoms with Crippen molar-refractivity contribution < 1.29 is 19.5 Å². The van der Waals surface area contributed by atoms with E-state index in [4.69, 9.17) is 0 Å². The molecule has 2 saturated heterocycles. The van der Waals surface area contributed by atoms with Crippen molar-refractivity contribution >= 4 is 17.9 Å².